The number of aromatic nitrogens is 1. The molecule has 0 amide bonds. The first-order valence-corrected chi connectivity index (χ1v) is 15.4. The van der Waals surface area contributed by atoms with Crippen LogP contribution in [-0.4, -0.2) is 24.0 Å². The highest BCUT2D eigenvalue weighted by molar-refractivity contribution is 7.21. The van der Waals surface area contributed by atoms with E-state index >= 15 is 0 Å². The molecule has 3 nitrogen and oxygen atoms in total. The Kier molecular flexibility index (Phi) is 8.50. The first kappa shape index (κ1) is 27.3. The van der Waals surface area contributed by atoms with Crippen LogP contribution in [0, 0.1) is 31.6 Å². The van der Waals surface area contributed by atoms with Gasteiger partial charge >= 0.3 is 0 Å². The van der Waals surface area contributed by atoms with Crippen LogP contribution in [0.15, 0.2) is 42.5 Å². The zero-order valence-corrected chi connectivity index (χ0v) is 24.5. The number of hydrogen-bond acceptors (Lipinski definition) is 4. The van der Waals surface area contributed by atoms with E-state index in [9.17, 15) is 4.79 Å². The first-order chi connectivity index (χ1) is 18.3. The van der Waals surface area contributed by atoms with Crippen molar-refractivity contribution in [2.75, 3.05) is 7.11 Å². The Morgan fingerprint density at radius 1 is 0.921 bits per heavy atom. The van der Waals surface area contributed by atoms with Gasteiger partial charge in [-0.05, 0) is 93.9 Å². The Morgan fingerprint density at radius 3 is 2.21 bits per heavy atom. The fraction of sp³-hybridized carbons (Fsp3) is 0.529. The molecule has 2 saturated carbocycles. The van der Waals surface area contributed by atoms with Crippen LogP contribution in [-0.2, 0) is 22.4 Å². The van der Waals surface area contributed by atoms with Crippen LogP contribution in [0.4, 0.5) is 0 Å². The van der Waals surface area contributed by atoms with E-state index in [1.165, 1.54) is 45.4 Å². The van der Waals surface area contributed by atoms with Crippen molar-refractivity contribution in [3.05, 3.63) is 64.7 Å². The largest absolute Gasteiger partial charge is 0.381 e. The topological polar surface area (TPSA) is 39.2 Å². The van der Waals surface area contributed by atoms with Crippen LogP contribution in [0.3, 0.4) is 0 Å². The molecule has 3 aromatic rings. The minimum absolute atomic E-state index is 0.209. The normalized spacial score (nSPS) is 24.0. The fourth-order valence-electron chi connectivity index (χ4n) is 6.62. The van der Waals surface area contributed by atoms with Crippen molar-refractivity contribution in [3.8, 4) is 10.6 Å². The quantitative estimate of drug-likeness (QED) is 0.274. The van der Waals surface area contributed by atoms with Gasteiger partial charge in [0.2, 0.25) is 0 Å². The molecule has 1 aromatic heterocycles. The number of carbonyl (C=O) groups is 1. The summed E-state index contributed by atoms with van der Waals surface area (Å²) < 4.78 is 6.82. The van der Waals surface area contributed by atoms with Crippen molar-refractivity contribution in [3.63, 3.8) is 0 Å². The average molecular weight is 530 g/mol. The van der Waals surface area contributed by atoms with Gasteiger partial charge in [-0.25, -0.2) is 4.98 Å². The molecule has 0 saturated heterocycles. The average Bonchev–Trinajstić information content (AvgIpc) is 3.36. The second-order valence-electron chi connectivity index (χ2n) is 12.1. The summed E-state index contributed by atoms with van der Waals surface area (Å²) in [5, 5.41) is 1.05. The van der Waals surface area contributed by atoms with Crippen LogP contribution in [0.1, 0.15) is 80.5 Å². The number of fused-ring (bicyclic) bond motifs is 1. The Labute approximate surface area is 232 Å². The van der Waals surface area contributed by atoms with E-state index < -0.39 is 0 Å². The number of benzene rings is 2. The van der Waals surface area contributed by atoms with Gasteiger partial charge in [0.25, 0.3) is 0 Å². The van der Waals surface area contributed by atoms with Crippen molar-refractivity contribution in [2.45, 2.75) is 91.1 Å². The zero-order valence-electron chi connectivity index (χ0n) is 23.6. The molecule has 0 aliphatic heterocycles. The van der Waals surface area contributed by atoms with E-state index in [-0.39, 0.29) is 5.92 Å². The molecule has 2 aromatic carbocycles. The van der Waals surface area contributed by atoms with Crippen molar-refractivity contribution in [1.82, 2.24) is 4.98 Å². The molecule has 0 spiro atoms. The molecule has 0 atom stereocenters. The molecule has 38 heavy (non-hydrogen) atoms. The molecule has 0 radical (unpaired) electrons. The van der Waals surface area contributed by atoms with Crippen molar-refractivity contribution < 1.29 is 9.53 Å². The Balaban J connectivity index is 1.45. The van der Waals surface area contributed by atoms with Crippen molar-refractivity contribution in [2.24, 2.45) is 17.8 Å². The number of thiazole rings is 1. The summed E-state index contributed by atoms with van der Waals surface area (Å²) in [6.45, 7) is 11.1. The third-order valence-electron chi connectivity index (χ3n) is 9.02. The number of ether oxygens (including phenoxy) is 1. The predicted molar refractivity (Wildman–Crippen MR) is 160 cm³/mol. The van der Waals surface area contributed by atoms with Gasteiger partial charge in [-0.2, -0.15) is 0 Å². The lowest BCUT2D eigenvalue weighted by molar-refractivity contribution is -0.123. The number of rotatable bonds is 8. The standard InChI is InChI=1S/C34H43NO2S/c1-21-6-8-26(9-7-21)31(36)20-27-10-11-28(19-24(4)25-12-14-30(37-5)15-13-25)33-32(27)35-34(38-33)29-17-22(2)16-23(3)18-29/h10-11,16-18,21,25-26,30H,4,6-9,12-15,19-20H2,1-3,5H3. The van der Waals surface area contributed by atoms with Crippen LogP contribution in [0.5, 0.6) is 0 Å². The molecular formula is C34H43NO2S. The second-order valence-corrected chi connectivity index (χ2v) is 13.1. The highest BCUT2D eigenvalue weighted by Crippen LogP contribution is 2.39. The lowest BCUT2D eigenvalue weighted by Crippen LogP contribution is -2.22. The Bertz CT molecular complexity index is 1290. The molecule has 0 bridgehead atoms. The number of methoxy groups -OCH3 is 1. The van der Waals surface area contributed by atoms with Gasteiger partial charge in [0.1, 0.15) is 10.8 Å². The van der Waals surface area contributed by atoms with E-state index in [1.54, 1.807) is 11.3 Å². The van der Waals surface area contributed by atoms with Gasteiger partial charge in [-0.1, -0.05) is 61.2 Å². The number of hydrogen-bond donors (Lipinski definition) is 0. The molecule has 4 heteroatoms. The number of Topliss-reactive ketones (excluding diaryl/α,β-unsaturated/α-hetero) is 1. The van der Waals surface area contributed by atoms with Crippen LogP contribution >= 0.6 is 11.3 Å². The highest BCUT2D eigenvalue weighted by atomic mass is 32.1. The summed E-state index contributed by atoms with van der Waals surface area (Å²) in [5.74, 6) is 1.91. The molecule has 2 aliphatic carbocycles. The smallest absolute Gasteiger partial charge is 0.140 e. The van der Waals surface area contributed by atoms with Gasteiger partial charge in [-0.3, -0.25) is 4.79 Å². The maximum absolute atomic E-state index is 13.4. The maximum atomic E-state index is 13.4. The number of aryl methyl sites for hydroxylation is 2. The monoisotopic (exact) mass is 529 g/mol. The van der Waals surface area contributed by atoms with Crippen molar-refractivity contribution in [1.29, 1.82) is 0 Å². The summed E-state index contributed by atoms with van der Waals surface area (Å²) >= 11 is 1.78. The summed E-state index contributed by atoms with van der Waals surface area (Å²) in [7, 11) is 1.83. The molecule has 0 N–H and O–H groups in total. The highest BCUT2D eigenvalue weighted by Gasteiger charge is 2.27. The first-order valence-electron chi connectivity index (χ1n) is 14.5. The Morgan fingerprint density at radius 2 is 1.55 bits per heavy atom. The van der Waals surface area contributed by atoms with E-state index in [2.05, 4.69) is 57.7 Å². The van der Waals surface area contributed by atoms with Crippen LogP contribution < -0.4 is 0 Å². The molecule has 1 heterocycles. The minimum atomic E-state index is 0.209. The number of nitrogens with zero attached hydrogens (tertiary/aromatic N) is 1. The lowest BCUT2D eigenvalue weighted by Gasteiger charge is -2.29. The van der Waals surface area contributed by atoms with Crippen molar-refractivity contribution >= 4 is 27.3 Å². The van der Waals surface area contributed by atoms with Crippen LogP contribution in [0.2, 0.25) is 0 Å². The zero-order chi connectivity index (χ0) is 26.8. The molecule has 202 valence electrons. The van der Waals surface area contributed by atoms with E-state index in [4.69, 9.17) is 9.72 Å². The summed E-state index contributed by atoms with van der Waals surface area (Å²) in [6, 6.07) is 11.1. The van der Waals surface area contributed by atoms with E-state index in [1.807, 2.05) is 7.11 Å². The number of ketones is 1. The molecule has 5 rings (SSSR count). The van der Waals surface area contributed by atoms with E-state index in [0.29, 0.717) is 24.2 Å². The third kappa shape index (κ3) is 6.13. The lowest BCUT2D eigenvalue weighted by atomic mass is 9.79. The number of carbonyl (C=O) groups excluding carboxylic acids is 1. The minimum Gasteiger partial charge on any atom is -0.381 e. The number of allylic oxidation sites excluding steroid dienone is 1. The molecule has 2 fully saturated rings. The van der Waals surface area contributed by atoms with Crippen LogP contribution in [0.25, 0.3) is 20.8 Å². The SMILES string of the molecule is C=C(Cc1ccc(CC(=O)C2CCC(C)CC2)c2nc(-c3cc(C)cc(C)c3)sc12)C1CCC(OC)CC1. The van der Waals surface area contributed by atoms with Gasteiger partial charge < -0.3 is 4.74 Å². The summed E-state index contributed by atoms with van der Waals surface area (Å²) in [5.41, 5.74) is 8.41. The summed E-state index contributed by atoms with van der Waals surface area (Å²) in [6.07, 6.45) is 10.7. The maximum Gasteiger partial charge on any atom is 0.140 e. The summed E-state index contributed by atoms with van der Waals surface area (Å²) in [4.78, 5) is 18.6. The molecule has 0 unspecified atom stereocenters. The molecule has 2 aliphatic rings. The molecular weight excluding hydrogens is 486 g/mol. The predicted octanol–water partition coefficient (Wildman–Crippen LogP) is 8.82. The van der Waals surface area contributed by atoms with Gasteiger partial charge in [0.15, 0.2) is 0 Å². The third-order valence-corrected chi connectivity index (χ3v) is 10.2. The van der Waals surface area contributed by atoms with Gasteiger partial charge in [0.05, 0.1) is 16.3 Å². The second kappa shape index (κ2) is 11.8. The fourth-order valence-corrected chi connectivity index (χ4v) is 7.74. The Hall–Kier alpha value is -2.30. The van der Waals surface area contributed by atoms with E-state index in [0.717, 1.165) is 67.0 Å². The van der Waals surface area contributed by atoms with Gasteiger partial charge in [-0.15, -0.1) is 11.3 Å². The van der Waals surface area contributed by atoms with Gasteiger partial charge in [0, 0.05) is 25.0 Å².